The van der Waals surface area contributed by atoms with Crippen molar-refractivity contribution in [2.24, 2.45) is 0 Å². The van der Waals surface area contributed by atoms with E-state index < -0.39 is 0 Å². The number of nitrogens with one attached hydrogen (secondary N) is 1. The molecule has 114 valence electrons. The molecule has 1 aromatic rings. The van der Waals surface area contributed by atoms with Gasteiger partial charge < -0.3 is 15.0 Å². The molecule has 1 atom stereocenters. The van der Waals surface area contributed by atoms with Crippen molar-refractivity contribution in [3.05, 3.63) is 35.9 Å². The minimum Gasteiger partial charge on any atom is -0.445 e. The third-order valence-corrected chi connectivity index (χ3v) is 3.54. The fraction of sp³-hybridized carbons (Fsp3) is 0.500. The molecule has 5 nitrogen and oxygen atoms in total. The molecule has 1 saturated heterocycles. The summed E-state index contributed by atoms with van der Waals surface area (Å²) in [6.07, 6.45) is 2.54. The van der Waals surface area contributed by atoms with Crippen LogP contribution in [-0.2, 0) is 16.1 Å². The lowest BCUT2D eigenvalue weighted by Crippen LogP contribution is -2.44. The minimum atomic E-state index is -0.309. The SMILES string of the molecule is CC(=O)NC1CCCCN(C(=O)OCc2ccccc2)C1. The van der Waals surface area contributed by atoms with Crippen LogP contribution in [0.15, 0.2) is 30.3 Å². The van der Waals surface area contributed by atoms with E-state index in [1.165, 1.54) is 6.92 Å². The largest absolute Gasteiger partial charge is 0.445 e. The van der Waals surface area contributed by atoms with Crippen LogP contribution in [0.4, 0.5) is 4.79 Å². The average Bonchev–Trinajstić information content (AvgIpc) is 2.71. The van der Waals surface area contributed by atoms with Crippen LogP contribution in [-0.4, -0.2) is 36.0 Å². The number of hydrogen-bond donors (Lipinski definition) is 1. The Morgan fingerprint density at radius 1 is 1.29 bits per heavy atom. The first kappa shape index (κ1) is 15.4. The van der Waals surface area contributed by atoms with Crippen molar-refractivity contribution >= 4 is 12.0 Å². The lowest BCUT2D eigenvalue weighted by molar-refractivity contribution is -0.119. The molecule has 0 saturated carbocycles. The summed E-state index contributed by atoms with van der Waals surface area (Å²) in [5.41, 5.74) is 0.971. The van der Waals surface area contributed by atoms with Crippen LogP contribution in [0, 0.1) is 0 Å². The van der Waals surface area contributed by atoms with Gasteiger partial charge in [0.15, 0.2) is 0 Å². The summed E-state index contributed by atoms with van der Waals surface area (Å²) in [4.78, 5) is 25.0. The summed E-state index contributed by atoms with van der Waals surface area (Å²) in [5, 5.41) is 2.89. The summed E-state index contributed by atoms with van der Waals surface area (Å²) in [5.74, 6) is -0.0560. The van der Waals surface area contributed by atoms with Crippen LogP contribution in [0.3, 0.4) is 0 Å². The molecule has 0 radical (unpaired) electrons. The van der Waals surface area contributed by atoms with E-state index in [4.69, 9.17) is 4.74 Å². The molecule has 1 heterocycles. The Morgan fingerprint density at radius 2 is 2.05 bits per heavy atom. The Kier molecular flexibility index (Phi) is 5.60. The van der Waals surface area contributed by atoms with Crippen molar-refractivity contribution in [3.8, 4) is 0 Å². The Hall–Kier alpha value is -2.04. The third kappa shape index (κ3) is 5.10. The number of nitrogens with zero attached hydrogens (tertiary/aromatic N) is 1. The number of carbonyl (C=O) groups excluding carboxylic acids is 2. The van der Waals surface area contributed by atoms with Crippen LogP contribution in [0.5, 0.6) is 0 Å². The summed E-state index contributed by atoms with van der Waals surface area (Å²) >= 11 is 0. The summed E-state index contributed by atoms with van der Waals surface area (Å²) in [6.45, 7) is 2.99. The van der Waals surface area contributed by atoms with Crippen molar-refractivity contribution in [3.63, 3.8) is 0 Å². The van der Waals surface area contributed by atoms with Crippen molar-refractivity contribution in [2.75, 3.05) is 13.1 Å². The van der Waals surface area contributed by atoms with E-state index in [9.17, 15) is 9.59 Å². The normalized spacial score (nSPS) is 18.7. The number of benzene rings is 1. The molecule has 1 aliphatic rings. The Morgan fingerprint density at radius 3 is 2.76 bits per heavy atom. The number of likely N-dealkylation sites (tertiary alicyclic amines) is 1. The van der Waals surface area contributed by atoms with Crippen molar-refractivity contribution in [2.45, 2.75) is 38.8 Å². The third-order valence-electron chi connectivity index (χ3n) is 3.54. The summed E-state index contributed by atoms with van der Waals surface area (Å²) < 4.78 is 5.35. The number of ether oxygens (including phenoxy) is 1. The lowest BCUT2D eigenvalue weighted by atomic mass is 10.1. The van der Waals surface area contributed by atoms with E-state index in [0.29, 0.717) is 13.1 Å². The van der Waals surface area contributed by atoms with Gasteiger partial charge in [0.2, 0.25) is 5.91 Å². The minimum absolute atomic E-state index is 0.0225. The smallest absolute Gasteiger partial charge is 0.410 e. The second-order valence-electron chi connectivity index (χ2n) is 5.38. The highest BCUT2D eigenvalue weighted by atomic mass is 16.6. The maximum atomic E-state index is 12.1. The van der Waals surface area contributed by atoms with Crippen molar-refractivity contribution < 1.29 is 14.3 Å². The van der Waals surface area contributed by atoms with Gasteiger partial charge in [-0.2, -0.15) is 0 Å². The average molecular weight is 290 g/mol. The van der Waals surface area contributed by atoms with Gasteiger partial charge in [-0.3, -0.25) is 4.79 Å². The fourth-order valence-electron chi connectivity index (χ4n) is 2.52. The first-order valence-corrected chi connectivity index (χ1v) is 7.38. The zero-order valence-electron chi connectivity index (χ0n) is 12.4. The highest BCUT2D eigenvalue weighted by Gasteiger charge is 2.23. The molecule has 0 aliphatic carbocycles. The van der Waals surface area contributed by atoms with Gasteiger partial charge in [0.1, 0.15) is 6.61 Å². The molecule has 0 spiro atoms. The van der Waals surface area contributed by atoms with E-state index in [2.05, 4.69) is 5.32 Å². The molecule has 2 amide bonds. The fourth-order valence-corrected chi connectivity index (χ4v) is 2.52. The molecule has 1 aromatic carbocycles. The van der Waals surface area contributed by atoms with E-state index in [1.807, 2.05) is 30.3 Å². The van der Waals surface area contributed by atoms with Gasteiger partial charge in [0.25, 0.3) is 0 Å². The Labute approximate surface area is 125 Å². The molecular formula is C16H22N2O3. The van der Waals surface area contributed by atoms with Crippen LogP contribution in [0.1, 0.15) is 31.7 Å². The highest BCUT2D eigenvalue weighted by Crippen LogP contribution is 2.12. The van der Waals surface area contributed by atoms with Crippen LogP contribution < -0.4 is 5.32 Å². The number of hydrogen-bond acceptors (Lipinski definition) is 3. The van der Waals surface area contributed by atoms with Crippen LogP contribution >= 0.6 is 0 Å². The zero-order chi connectivity index (χ0) is 15.1. The van der Waals surface area contributed by atoms with Crippen LogP contribution in [0.25, 0.3) is 0 Å². The Balaban J connectivity index is 1.86. The molecule has 1 unspecified atom stereocenters. The summed E-state index contributed by atoms with van der Waals surface area (Å²) in [6, 6.07) is 9.64. The van der Waals surface area contributed by atoms with Gasteiger partial charge >= 0.3 is 6.09 Å². The van der Waals surface area contributed by atoms with Gasteiger partial charge in [0, 0.05) is 26.1 Å². The maximum absolute atomic E-state index is 12.1. The molecule has 1 fully saturated rings. The lowest BCUT2D eigenvalue weighted by Gasteiger charge is -2.24. The Bertz CT molecular complexity index is 476. The quantitative estimate of drug-likeness (QED) is 0.929. The number of carbonyl (C=O) groups is 2. The topological polar surface area (TPSA) is 58.6 Å². The number of amides is 2. The first-order chi connectivity index (χ1) is 10.1. The molecule has 5 heteroatoms. The second-order valence-corrected chi connectivity index (χ2v) is 5.38. The molecule has 1 aliphatic heterocycles. The van der Waals surface area contributed by atoms with Crippen LogP contribution in [0.2, 0.25) is 0 Å². The molecular weight excluding hydrogens is 268 g/mol. The molecule has 21 heavy (non-hydrogen) atoms. The monoisotopic (exact) mass is 290 g/mol. The predicted octanol–water partition coefficient (Wildman–Crippen LogP) is 2.31. The first-order valence-electron chi connectivity index (χ1n) is 7.38. The molecule has 0 aromatic heterocycles. The van der Waals surface area contributed by atoms with Crippen molar-refractivity contribution in [1.82, 2.24) is 10.2 Å². The predicted molar refractivity (Wildman–Crippen MR) is 79.7 cm³/mol. The van der Waals surface area contributed by atoms with Crippen molar-refractivity contribution in [1.29, 1.82) is 0 Å². The van der Waals surface area contributed by atoms with E-state index >= 15 is 0 Å². The molecule has 0 bridgehead atoms. The van der Waals surface area contributed by atoms with Gasteiger partial charge in [-0.15, -0.1) is 0 Å². The van der Waals surface area contributed by atoms with Gasteiger partial charge in [0.05, 0.1) is 0 Å². The highest BCUT2D eigenvalue weighted by molar-refractivity contribution is 5.73. The van der Waals surface area contributed by atoms with Gasteiger partial charge in [-0.25, -0.2) is 4.79 Å². The zero-order valence-corrected chi connectivity index (χ0v) is 12.4. The molecule has 2 rings (SSSR count). The van der Waals surface area contributed by atoms with Gasteiger partial charge in [-0.05, 0) is 24.8 Å². The van der Waals surface area contributed by atoms with Gasteiger partial charge in [-0.1, -0.05) is 30.3 Å². The number of rotatable bonds is 3. The van der Waals surface area contributed by atoms with E-state index in [1.54, 1.807) is 4.90 Å². The summed E-state index contributed by atoms with van der Waals surface area (Å²) in [7, 11) is 0. The molecule has 1 N–H and O–H groups in total. The standard InChI is InChI=1S/C16H22N2O3/c1-13(19)17-15-9-5-6-10-18(11-15)16(20)21-12-14-7-3-2-4-8-14/h2-4,7-8,15H,5-6,9-12H2,1H3,(H,17,19). The second kappa shape index (κ2) is 7.67. The maximum Gasteiger partial charge on any atom is 0.410 e. The van der Waals surface area contributed by atoms with E-state index in [-0.39, 0.29) is 24.6 Å². The van der Waals surface area contributed by atoms with E-state index in [0.717, 1.165) is 24.8 Å².